The Morgan fingerprint density at radius 2 is 1.66 bits per heavy atom. The maximum Gasteiger partial charge on any atom is 0.416 e. The van der Waals surface area contributed by atoms with E-state index in [1.807, 2.05) is 0 Å². The highest BCUT2D eigenvalue weighted by Gasteiger charge is 2.47. The molecule has 1 heterocycles. The summed E-state index contributed by atoms with van der Waals surface area (Å²) in [5.41, 5.74) is -1.82. The minimum atomic E-state index is -4.56. The van der Waals surface area contributed by atoms with Crippen molar-refractivity contribution in [3.63, 3.8) is 0 Å². The molecule has 0 saturated heterocycles. The maximum absolute atomic E-state index is 13.7. The van der Waals surface area contributed by atoms with Crippen LogP contribution in [0.15, 0.2) is 48.5 Å². The van der Waals surface area contributed by atoms with E-state index in [1.165, 1.54) is 14.0 Å². The molecular formula is C24H20F5N3O3. The minimum absolute atomic E-state index is 0.0863. The summed E-state index contributed by atoms with van der Waals surface area (Å²) in [7, 11) is 1.29. The molecule has 0 spiro atoms. The van der Waals surface area contributed by atoms with E-state index in [-0.39, 0.29) is 17.4 Å². The third kappa shape index (κ3) is 4.89. The zero-order valence-corrected chi connectivity index (χ0v) is 18.6. The first-order valence-electron chi connectivity index (χ1n) is 10.6. The Morgan fingerprint density at radius 3 is 2.14 bits per heavy atom. The van der Waals surface area contributed by atoms with Crippen LogP contribution in [0.2, 0.25) is 0 Å². The Labute approximate surface area is 196 Å². The molecule has 0 atom stereocenters. The number of carbonyl (C=O) groups excluding carboxylic acids is 2. The minimum Gasteiger partial charge on any atom is -0.438 e. The number of benzene rings is 2. The molecule has 1 saturated carbocycles. The molecule has 0 radical (unpaired) electrons. The number of rotatable bonds is 7. The number of alkyl halides is 5. The lowest BCUT2D eigenvalue weighted by Crippen LogP contribution is -2.35. The van der Waals surface area contributed by atoms with E-state index in [9.17, 15) is 31.5 Å². The number of Topliss-reactive ketones (excluding diaryl/α,β-unsaturated/α-hetero) is 1. The molecule has 184 valence electrons. The second-order valence-electron chi connectivity index (χ2n) is 8.28. The first-order chi connectivity index (χ1) is 16.4. The average Bonchev–Trinajstić information content (AvgIpc) is 3.50. The number of aromatic nitrogens is 2. The van der Waals surface area contributed by atoms with E-state index >= 15 is 0 Å². The molecule has 1 fully saturated rings. The van der Waals surface area contributed by atoms with E-state index in [0.717, 1.165) is 28.9 Å². The lowest BCUT2D eigenvalue weighted by atomic mass is 10.0. The molecule has 11 heteroatoms. The predicted octanol–water partition coefficient (Wildman–Crippen LogP) is 5.79. The molecule has 1 aliphatic carbocycles. The van der Waals surface area contributed by atoms with E-state index in [4.69, 9.17) is 4.74 Å². The smallest absolute Gasteiger partial charge is 0.416 e. The largest absolute Gasteiger partial charge is 0.438 e. The summed E-state index contributed by atoms with van der Waals surface area (Å²) in [6.07, 6.45) is -6.55. The fraction of sp³-hybridized carbons (Fsp3) is 0.292. The molecule has 1 aliphatic rings. The van der Waals surface area contributed by atoms with Crippen LogP contribution < -0.4 is 10.1 Å². The molecule has 6 nitrogen and oxygen atoms in total. The fourth-order valence-corrected chi connectivity index (χ4v) is 3.75. The molecule has 0 unspecified atom stereocenters. The number of carbonyl (C=O) groups is 2. The molecule has 0 aliphatic heterocycles. The third-order valence-corrected chi connectivity index (χ3v) is 5.80. The molecule has 35 heavy (non-hydrogen) atoms. The summed E-state index contributed by atoms with van der Waals surface area (Å²) < 4.78 is 72.4. The molecule has 4 rings (SSSR count). The van der Waals surface area contributed by atoms with Gasteiger partial charge in [-0.1, -0.05) is 24.3 Å². The van der Waals surface area contributed by atoms with Gasteiger partial charge in [0.15, 0.2) is 5.78 Å². The van der Waals surface area contributed by atoms with Crippen LogP contribution in [0.1, 0.15) is 63.7 Å². The summed E-state index contributed by atoms with van der Waals surface area (Å²) in [6.45, 7) is 1.43. The normalized spacial score (nSPS) is 14.6. The second-order valence-corrected chi connectivity index (χ2v) is 8.28. The third-order valence-electron chi connectivity index (χ3n) is 5.80. The van der Waals surface area contributed by atoms with E-state index in [1.54, 1.807) is 24.3 Å². The van der Waals surface area contributed by atoms with Crippen LogP contribution in [0.5, 0.6) is 11.6 Å². The Kier molecular flexibility index (Phi) is 6.12. The summed E-state index contributed by atoms with van der Waals surface area (Å²) in [5.74, 6) is -1.40. The summed E-state index contributed by atoms with van der Waals surface area (Å²) in [5, 5.41) is 6.47. The van der Waals surface area contributed by atoms with Gasteiger partial charge in [-0.3, -0.25) is 9.59 Å². The van der Waals surface area contributed by atoms with E-state index in [2.05, 4.69) is 10.4 Å². The number of nitrogens with one attached hydrogen (secondary N) is 1. The second kappa shape index (κ2) is 8.79. The van der Waals surface area contributed by atoms with Crippen molar-refractivity contribution in [2.45, 2.75) is 37.9 Å². The van der Waals surface area contributed by atoms with Crippen molar-refractivity contribution in [2.75, 3.05) is 0 Å². The number of ether oxygens (including phenoxy) is 1. The zero-order valence-electron chi connectivity index (χ0n) is 18.6. The quantitative estimate of drug-likeness (QED) is 0.334. The summed E-state index contributed by atoms with van der Waals surface area (Å²) in [4.78, 5) is 24.7. The van der Waals surface area contributed by atoms with Gasteiger partial charge < -0.3 is 10.1 Å². The lowest BCUT2D eigenvalue weighted by Gasteiger charge is -2.19. The monoisotopic (exact) mass is 493 g/mol. The van der Waals surface area contributed by atoms with Crippen LogP contribution in [-0.2, 0) is 18.8 Å². The average molecular weight is 493 g/mol. The van der Waals surface area contributed by atoms with E-state index in [0.29, 0.717) is 24.0 Å². The molecule has 1 amide bonds. The van der Waals surface area contributed by atoms with Gasteiger partial charge in [-0.25, -0.2) is 13.5 Å². The SMILES string of the molecule is CC(=O)c1ccc(C2(NC(=O)c3c(C(F)F)nn(C)c3Oc3ccc(C(F)(F)F)cc3)CC2)cc1. The van der Waals surface area contributed by atoms with Crippen LogP contribution >= 0.6 is 0 Å². The Morgan fingerprint density at radius 1 is 1.06 bits per heavy atom. The molecule has 0 bridgehead atoms. The molecule has 2 aromatic carbocycles. The number of hydrogen-bond acceptors (Lipinski definition) is 4. The number of ketones is 1. The van der Waals surface area contributed by atoms with Gasteiger partial charge >= 0.3 is 6.18 Å². The van der Waals surface area contributed by atoms with Crippen molar-refractivity contribution in [2.24, 2.45) is 7.05 Å². The number of nitrogens with zero attached hydrogens (tertiary/aromatic N) is 2. The van der Waals surface area contributed by atoms with Crippen LogP contribution in [0.25, 0.3) is 0 Å². The van der Waals surface area contributed by atoms with Gasteiger partial charge in [-0.15, -0.1) is 0 Å². The Hall–Kier alpha value is -3.76. The van der Waals surface area contributed by atoms with Crippen LogP contribution in [-0.4, -0.2) is 21.5 Å². The van der Waals surface area contributed by atoms with E-state index < -0.39 is 40.9 Å². The first-order valence-corrected chi connectivity index (χ1v) is 10.6. The van der Waals surface area contributed by atoms with Crippen molar-refractivity contribution in [3.05, 3.63) is 76.5 Å². The van der Waals surface area contributed by atoms with Crippen molar-refractivity contribution >= 4 is 11.7 Å². The standard InChI is InChI=1S/C24H20F5N3O3/c1-13(33)14-3-5-15(6-4-14)23(11-12-23)30-21(34)18-19(20(25)26)31-32(2)22(18)35-17-9-7-16(8-10-17)24(27,28)29/h3-10,20H,11-12H2,1-2H3,(H,30,34). The van der Waals surface area contributed by atoms with Gasteiger partial charge in [0, 0.05) is 12.6 Å². The molecule has 1 N–H and O–H groups in total. The highest BCUT2D eigenvalue weighted by molar-refractivity contribution is 5.99. The van der Waals surface area contributed by atoms with Crippen molar-refractivity contribution < 1.29 is 36.3 Å². The van der Waals surface area contributed by atoms with Crippen LogP contribution in [0, 0.1) is 0 Å². The van der Waals surface area contributed by atoms with Gasteiger partial charge in [0.2, 0.25) is 5.88 Å². The van der Waals surface area contributed by atoms with Gasteiger partial charge in [0.25, 0.3) is 12.3 Å². The first kappa shape index (κ1) is 24.4. The number of hydrogen-bond donors (Lipinski definition) is 1. The number of aryl methyl sites for hydroxylation is 1. The Balaban J connectivity index is 1.63. The molecule has 1 aromatic heterocycles. The van der Waals surface area contributed by atoms with Gasteiger partial charge in [0.1, 0.15) is 17.0 Å². The number of amides is 1. The van der Waals surface area contributed by atoms with Gasteiger partial charge in [-0.2, -0.15) is 18.3 Å². The maximum atomic E-state index is 13.7. The topological polar surface area (TPSA) is 73.2 Å². The highest BCUT2D eigenvalue weighted by atomic mass is 19.4. The summed E-state index contributed by atoms with van der Waals surface area (Å²) in [6, 6.07) is 10.3. The lowest BCUT2D eigenvalue weighted by molar-refractivity contribution is -0.137. The zero-order chi connectivity index (χ0) is 25.5. The van der Waals surface area contributed by atoms with Gasteiger partial charge in [-0.05, 0) is 49.6 Å². The van der Waals surface area contributed by atoms with Crippen molar-refractivity contribution in [1.29, 1.82) is 0 Å². The number of halogens is 5. The fourth-order valence-electron chi connectivity index (χ4n) is 3.75. The van der Waals surface area contributed by atoms with Crippen molar-refractivity contribution in [3.8, 4) is 11.6 Å². The predicted molar refractivity (Wildman–Crippen MR) is 115 cm³/mol. The Bertz CT molecular complexity index is 1260. The van der Waals surface area contributed by atoms with Gasteiger partial charge in [0.05, 0.1) is 11.1 Å². The molecular weight excluding hydrogens is 473 g/mol. The van der Waals surface area contributed by atoms with Crippen LogP contribution in [0.4, 0.5) is 22.0 Å². The highest BCUT2D eigenvalue weighted by Crippen LogP contribution is 2.46. The molecule has 3 aromatic rings. The van der Waals surface area contributed by atoms with Crippen LogP contribution in [0.3, 0.4) is 0 Å². The summed E-state index contributed by atoms with van der Waals surface area (Å²) >= 11 is 0. The van der Waals surface area contributed by atoms with Crippen molar-refractivity contribution in [1.82, 2.24) is 15.1 Å².